The predicted molar refractivity (Wildman–Crippen MR) is 65.2 cm³/mol. The SMILES string of the molecule is CC[C@H](F)C[C@H](C)C(=O)OCc1ccccc1. The maximum Gasteiger partial charge on any atom is 0.309 e. The van der Waals surface area contributed by atoms with Crippen molar-refractivity contribution in [2.24, 2.45) is 5.92 Å². The first-order valence-corrected chi connectivity index (χ1v) is 5.98. The van der Waals surface area contributed by atoms with Crippen LogP contribution >= 0.6 is 0 Å². The molecule has 3 heteroatoms. The molecule has 1 aromatic rings. The number of carbonyl (C=O) groups excluding carboxylic acids is 1. The Hall–Kier alpha value is -1.38. The van der Waals surface area contributed by atoms with Crippen molar-refractivity contribution in [1.82, 2.24) is 0 Å². The summed E-state index contributed by atoms with van der Waals surface area (Å²) in [6, 6.07) is 9.47. The fraction of sp³-hybridized carbons (Fsp3) is 0.500. The molecule has 0 bridgehead atoms. The number of halogens is 1. The molecule has 0 radical (unpaired) electrons. The van der Waals surface area contributed by atoms with E-state index in [1.165, 1.54) is 0 Å². The molecule has 94 valence electrons. The lowest BCUT2D eigenvalue weighted by molar-refractivity contribution is -0.150. The summed E-state index contributed by atoms with van der Waals surface area (Å²) < 4.78 is 18.2. The van der Waals surface area contributed by atoms with E-state index in [9.17, 15) is 9.18 Å². The van der Waals surface area contributed by atoms with Crippen molar-refractivity contribution in [1.29, 1.82) is 0 Å². The molecule has 0 aliphatic carbocycles. The van der Waals surface area contributed by atoms with Gasteiger partial charge in [0, 0.05) is 0 Å². The summed E-state index contributed by atoms with van der Waals surface area (Å²) >= 11 is 0. The molecule has 2 nitrogen and oxygen atoms in total. The Bertz CT molecular complexity index is 337. The molecule has 0 aromatic heterocycles. The molecular weight excluding hydrogens is 219 g/mol. The van der Waals surface area contributed by atoms with E-state index in [0.29, 0.717) is 6.42 Å². The number of benzene rings is 1. The fourth-order valence-corrected chi connectivity index (χ4v) is 1.52. The van der Waals surface area contributed by atoms with E-state index in [1.807, 2.05) is 30.3 Å². The Morgan fingerprint density at radius 3 is 2.59 bits per heavy atom. The molecule has 0 spiro atoms. The van der Waals surface area contributed by atoms with Crippen LogP contribution in [0, 0.1) is 5.92 Å². The highest BCUT2D eigenvalue weighted by atomic mass is 19.1. The molecule has 0 amide bonds. The average Bonchev–Trinajstić information content (AvgIpc) is 2.36. The van der Waals surface area contributed by atoms with Crippen LogP contribution in [0.2, 0.25) is 0 Å². The highest BCUT2D eigenvalue weighted by Gasteiger charge is 2.18. The summed E-state index contributed by atoms with van der Waals surface area (Å²) in [6.45, 7) is 3.73. The van der Waals surface area contributed by atoms with Crippen molar-refractivity contribution < 1.29 is 13.9 Å². The summed E-state index contributed by atoms with van der Waals surface area (Å²) in [7, 11) is 0. The van der Waals surface area contributed by atoms with Gasteiger partial charge < -0.3 is 4.74 Å². The number of hydrogen-bond donors (Lipinski definition) is 0. The van der Waals surface area contributed by atoms with Crippen molar-refractivity contribution in [3.8, 4) is 0 Å². The van der Waals surface area contributed by atoms with Crippen molar-refractivity contribution in [2.45, 2.75) is 39.5 Å². The van der Waals surface area contributed by atoms with Gasteiger partial charge in [0.05, 0.1) is 5.92 Å². The number of alkyl halides is 1. The Morgan fingerprint density at radius 1 is 1.35 bits per heavy atom. The second kappa shape index (κ2) is 7.05. The van der Waals surface area contributed by atoms with Gasteiger partial charge in [-0.2, -0.15) is 0 Å². The Kier molecular flexibility index (Phi) is 5.67. The Morgan fingerprint density at radius 2 is 2.00 bits per heavy atom. The van der Waals surface area contributed by atoms with Gasteiger partial charge in [-0.25, -0.2) is 4.39 Å². The molecule has 0 saturated heterocycles. The van der Waals surface area contributed by atoms with E-state index >= 15 is 0 Å². The highest BCUT2D eigenvalue weighted by Crippen LogP contribution is 2.14. The van der Waals surface area contributed by atoms with Crippen LogP contribution in [0.4, 0.5) is 4.39 Å². The lowest BCUT2D eigenvalue weighted by Gasteiger charge is -2.13. The van der Waals surface area contributed by atoms with Crippen LogP contribution in [0.25, 0.3) is 0 Å². The third-order valence-electron chi connectivity index (χ3n) is 2.68. The Balaban J connectivity index is 2.34. The van der Waals surface area contributed by atoms with Gasteiger partial charge >= 0.3 is 5.97 Å². The van der Waals surface area contributed by atoms with Gasteiger partial charge in [0.15, 0.2) is 0 Å². The number of carbonyl (C=O) groups is 1. The molecule has 0 unspecified atom stereocenters. The maximum atomic E-state index is 13.1. The summed E-state index contributed by atoms with van der Waals surface area (Å²) in [5, 5.41) is 0. The van der Waals surface area contributed by atoms with Crippen molar-refractivity contribution in [2.75, 3.05) is 0 Å². The lowest BCUT2D eigenvalue weighted by Crippen LogP contribution is -2.18. The number of hydrogen-bond acceptors (Lipinski definition) is 2. The molecule has 0 N–H and O–H groups in total. The summed E-state index contributed by atoms with van der Waals surface area (Å²) in [4.78, 5) is 11.6. The van der Waals surface area contributed by atoms with Crippen LogP contribution in [0.1, 0.15) is 32.3 Å². The lowest BCUT2D eigenvalue weighted by atomic mass is 10.0. The van der Waals surface area contributed by atoms with Gasteiger partial charge in [0.2, 0.25) is 0 Å². The van der Waals surface area contributed by atoms with E-state index in [0.717, 1.165) is 5.56 Å². The molecule has 1 aromatic carbocycles. The first-order chi connectivity index (χ1) is 8.13. The van der Waals surface area contributed by atoms with Crippen LogP contribution < -0.4 is 0 Å². The topological polar surface area (TPSA) is 26.3 Å². The average molecular weight is 238 g/mol. The van der Waals surface area contributed by atoms with Gasteiger partial charge in [-0.3, -0.25) is 4.79 Å². The number of rotatable bonds is 6. The minimum Gasteiger partial charge on any atom is -0.461 e. The largest absolute Gasteiger partial charge is 0.461 e. The molecule has 0 saturated carbocycles. The molecule has 0 aliphatic heterocycles. The molecule has 17 heavy (non-hydrogen) atoms. The van der Waals surface area contributed by atoms with Gasteiger partial charge in [0.1, 0.15) is 12.8 Å². The van der Waals surface area contributed by atoms with Crippen LogP contribution in [-0.2, 0) is 16.1 Å². The summed E-state index contributed by atoms with van der Waals surface area (Å²) in [6.07, 6.45) is -0.241. The van der Waals surface area contributed by atoms with Crippen molar-refractivity contribution in [3.05, 3.63) is 35.9 Å². The second-order valence-electron chi connectivity index (χ2n) is 4.24. The van der Waals surface area contributed by atoms with Gasteiger partial charge in [-0.1, -0.05) is 44.2 Å². The first-order valence-electron chi connectivity index (χ1n) is 5.98. The monoisotopic (exact) mass is 238 g/mol. The van der Waals surface area contributed by atoms with Crippen LogP contribution in [0.15, 0.2) is 30.3 Å². The van der Waals surface area contributed by atoms with Gasteiger partial charge in [0.25, 0.3) is 0 Å². The first kappa shape index (κ1) is 13.7. The zero-order valence-corrected chi connectivity index (χ0v) is 10.4. The van der Waals surface area contributed by atoms with Crippen molar-refractivity contribution >= 4 is 5.97 Å². The van der Waals surface area contributed by atoms with E-state index in [1.54, 1.807) is 13.8 Å². The molecule has 2 atom stereocenters. The molecule has 0 fully saturated rings. The quantitative estimate of drug-likeness (QED) is 0.709. The normalized spacial score (nSPS) is 14.1. The van der Waals surface area contributed by atoms with Crippen LogP contribution in [0.3, 0.4) is 0 Å². The minimum atomic E-state index is -0.922. The second-order valence-corrected chi connectivity index (χ2v) is 4.24. The van der Waals surface area contributed by atoms with Gasteiger partial charge in [-0.05, 0) is 18.4 Å². The standard InChI is InChI=1S/C14H19FO2/c1-3-13(15)9-11(2)14(16)17-10-12-7-5-4-6-8-12/h4-8,11,13H,3,9-10H2,1-2H3/t11-,13-/m0/s1. The van der Waals surface area contributed by atoms with E-state index in [4.69, 9.17) is 4.74 Å². The van der Waals surface area contributed by atoms with Crippen molar-refractivity contribution in [3.63, 3.8) is 0 Å². The maximum absolute atomic E-state index is 13.1. The van der Waals surface area contributed by atoms with Crippen LogP contribution in [0.5, 0.6) is 0 Å². The highest BCUT2D eigenvalue weighted by molar-refractivity contribution is 5.72. The number of esters is 1. The Labute approximate surface area is 102 Å². The third-order valence-corrected chi connectivity index (χ3v) is 2.68. The fourth-order valence-electron chi connectivity index (χ4n) is 1.52. The summed E-state index contributed by atoms with van der Waals surface area (Å²) in [5.74, 6) is -0.710. The molecule has 0 aliphatic rings. The predicted octanol–water partition coefficient (Wildman–Crippen LogP) is 3.50. The smallest absolute Gasteiger partial charge is 0.309 e. The molecular formula is C14H19FO2. The summed E-state index contributed by atoms with van der Waals surface area (Å²) in [5.41, 5.74) is 0.945. The zero-order valence-electron chi connectivity index (χ0n) is 10.4. The van der Waals surface area contributed by atoms with E-state index in [-0.39, 0.29) is 24.9 Å². The van der Waals surface area contributed by atoms with Gasteiger partial charge in [-0.15, -0.1) is 0 Å². The third kappa shape index (κ3) is 4.98. The van der Waals surface area contributed by atoms with E-state index < -0.39 is 6.17 Å². The zero-order chi connectivity index (χ0) is 12.7. The molecule has 0 heterocycles. The van der Waals surface area contributed by atoms with E-state index in [2.05, 4.69) is 0 Å². The van der Waals surface area contributed by atoms with Crippen LogP contribution in [-0.4, -0.2) is 12.1 Å². The number of ether oxygens (including phenoxy) is 1. The minimum absolute atomic E-state index is 0.240. The molecule has 1 rings (SSSR count).